The number of piperazine rings is 1. The van der Waals surface area contributed by atoms with Gasteiger partial charge in [-0.25, -0.2) is 13.4 Å². The van der Waals surface area contributed by atoms with Crippen LogP contribution in [0.1, 0.15) is 0 Å². The van der Waals surface area contributed by atoms with Crippen LogP contribution in [0.5, 0.6) is 0 Å². The van der Waals surface area contributed by atoms with Crippen molar-refractivity contribution in [2.75, 3.05) is 39.0 Å². The van der Waals surface area contributed by atoms with Crippen LogP contribution in [-0.4, -0.2) is 55.8 Å². The van der Waals surface area contributed by atoms with E-state index >= 15 is 0 Å². The molecule has 0 radical (unpaired) electrons. The number of aromatic nitrogens is 1. The Bertz CT molecular complexity index is 541. The fraction of sp³-hybridized carbons (Fsp3) is 0.500. The summed E-state index contributed by atoms with van der Waals surface area (Å²) in [7, 11) is -1.56. The van der Waals surface area contributed by atoms with Gasteiger partial charge in [0.25, 0.3) is 0 Å². The molecule has 0 bridgehead atoms. The molecule has 1 aromatic rings. The largest absolute Gasteiger partial charge is 0.382 e. The number of sulfonamides is 1. The smallest absolute Gasteiger partial charge is 0.244 e. The normalized spacial score (nSPS) is 19.0. The third-order valence-electron chi connectivity index (χ3n) is 2.94. The minimum absolute atomic E-state index is 0.0891. The van der Waals surface area contributed by atoms with Crippen molar-refractivity contribution in [2.24, 2.45) is 0 Å². The monoisotopic (exact) mass is 290 g/mol. The summed E-state index contributed by atoms with van der Waals surface area (Å²) in [5.74, 6) is 0.133. The highest BCUT2D eigenvalue weighted by molar-refractivity contribution is 7.89. The minimum atomic E-state index is -3.52. The summed E-state index contributed by atoms with van der Waals surface area (Å²) in [5.41, 5.74) is 5.47. The molecule has 2 heterocycles. The first kappa shape index (κ1) is 13.5. The van der Waals surface area contributed by atoms with E-state index in [1.165, 1.54) is 16.6 Å². The number of nitrogens with two attached hydrogens (primary N) is 1. The van der Waals surface area contributed by atoms with Gasteiger partial charge >= 0.3 is 0 Å². The SMILES string of the molecule is CN1CCN(S(=O)(=O)c2cnc(N)c(Cl)c2)CC1. The van der Waals surface area contributed by atoms with Crippen molar-refractivity contribution < 1.29 is 8.42 Å². The van der Waals surface area contributed by atoms with Crippen molar-refractivity contribution >= 4 is 27.4 Å². The summed E-state index contributed by atoms with van der Waals surface area (Å²) in [6.45, 7) is 2.38. The van der Waals surface area contributed by atoms with Gasteiger partial charge < -0.3 is 10.6 Å². The molecule has 100 valence electrons. The highest BCUT2D eigenvalue weighted by Crippen LogP contribution is 2.23. The summed E-state index contributed by atoms with van der Waals surface area (Å²) < 4.78 is 26.1. The van der Waals surface area contributed by atoms with Crippen molar-refractivity contribution in [3.63, 3.8) is 0 Å². The number of anilines is 1. The fourth-order valence-electron chi connectivity index (χ4n) is 1.75. The Morgan fingerprint density at radius 2 is 1.94 bits per heavy atom. The van der Waals surface area contributed by atoms with Crippen LogP contribution < -0.4 is 5.73 Å². The van der Waals surface area contributed by atoms with Crippen LogP contribution >= 0.6 is 11.6 Å². The lowest BCUT2D eigenvalue weighted by molar-refractivity contribution is 0.222. The van der Waals surface area contributed by atoms with Crippen molar-refractivity contribution in [3.05, 3.63) is 17.3 Å². The Hall–Kier alpha value is -0.890. The zero-order valence-corrected chi connectivity index (χ0v) is 11.6. The van der Waals surface area contributed by atoms with Gasteiger partial charge in [-0.15, -0.1) is 0 Å². The first-order chi connectivity index (χ1) is 8.41. The Morgan fingerprint density at radius 3 is 2.50 bits per heavy atom. The number of nitrogens with zero attached hydrogens (tertiary/aromatic N) is 3. The number of rotatable bonds is 2. The zero-order valence-electron chi connectivity index (χ0n) is 10.0. The summed E-state index contributed by atoms with van der Waals surface area (Å²) in [4.78, 5) is 5.96. The van der Waals surface area contributed by atoms with E-state index in [1.807, 2.05) is 7.05 Å². The molecule has 2 rings (SSSR count). The quantitative estimate of drug-likeness (QED) is 0.845. The number of pyridine rings is 1. The standard InChI is InChI=1S/C10H15ClN4O2S/c1-14-2-4-15(5-3-14)18(16,17)8-6-9(11)10(12)13-7-8/h6-7H,2-5H2,1H3,(H2,12,13). The molecule has 2 N–H and O–H groups in total. The summed E-state index contributed by atoms with van der Waals surface area (Å²) in [6.07, 6.45) is 1.24. The molecule has 1 aromatic heterocycles. The van der Waals surface area contributed by atoms with Crippen LogP contribution in [0, 0.1) is 0 Å². The third-order valence-corrected chi connectivity index (χ3v) is 5.11. The maximum absolute atomic E-state index is 12.3. The average Bonchev–Trinajstić information content (AvgIpc) is 2.33. The molecule has 0 unspecified atom stereocenters. The Kier molecular flexibility index (Phi) is 3.76. The van der Waals surface area contributed by atoms with Gasteiger partial charge in [0.2, 0.25) is 10.0 Å². The molecule has 1 saturated heterocycles. The van der Waals surface area contributed by atoms with Gasteiger partial charge in [-0.3, -0.25) is 0 Å². The second kappa shape index (κ2) is 5.00. The van der Waals surface area contributed by atoms with Crippen LogP contribution in [0.4, 0.5) is 5.82 Å². The van der Waals surface area contributed by atoms with Gasteiger partial charge in [-0.2, -0.15) is 4.31 Å². The van der Waals surface area contributed by atoms with Gasteiger partial charge in [0.1, 0.15) is 10.7 Å². The summed E-state index contributed by atoms with van der Waals surface area (Å²) >= 11 is 5.80. The van der Waals surface area contributed by atoms with Crippen LogP contribution in [-0.2, 0) is 10.0 Å². The van der Waals surface area contributed by atoms with Crippen molar-refractivity contribution in [3.8, 4) is 0 Å². The second-order valence-electron chi connectivity index (χ2n) is 4.25. The first-order valence-electron chi connectivity index (χ1n) is 5.51. The predicted octanol–water partition coefficient (Wildman–Crippen LogP) is 0.253. The van der Waals surface area contributed by atoms with E-state index in [9.17, 15) is 8.42 Å². The zero-order chi connectivity index (χ0) is 13.3. The molecule has 0 spiro atoms. The van der Waals surface area contributed by atoms with E-state index in [-0.39, 0.29) is 15.7 Å². The molecule has 0 amide bonds. The number of hydrogen-bond donors (Lipinski definition) is 1. The lowest BCUT2D eigenvalue weighted by atomic mass is 10.4. The van der Waals surface area contributed by atoms with E-state index in [2.05, 4.69) is 9.88 Å². The minimum Gasteiger partial charge on any atom is -0.382 e. The molecule has 0 saturated carbocycles. The highest BCUT2D eigenvalue weighted by Gasteiger charge is 2.28. The Balaban J connectivity index is 2.27. The van der Waals surface area contributed by atoms with Crippen LogP contribution in [0.25, 0.3) is 0 Å². The molecule has 0 aliphatic carbocycles. The van der Waals surface area contributed by atoms with E-state index in [0.717, 1.165) is 13.1 Å². The topological polar surface area (TPSA) is 79.5 Å². The van der Waals surface area contributed by atoms with Gasteiger partial charge in [0, 0.05) is 32.4 Å². The predicted molar refractivity (Wildman–Crippen MR) is 69.9 cm³/mol. The molecule has 1 aliphatic heterocycles. The number of nitrogen functional groups attached to an aromatic ring is 1. The highest BCUT2D eigenvalue weighted by atomic mass is 35.5. The van der Waals surface area contributed by atoms with Crippen LogP contribution in [0.3, 0.4) is 0 Å². The van der Waals surface area contributed by atoms with E-state index in [1.54, 1.807) is 0 Å². The molecule has 0 aromatic carbocycles. The van der Waals surface area contributed by atoms with E-state index in [0.29, 0.717) is 13.1 Å². The van der Waals surface area contributed by atoms with Crippen molar-refractivity contribution in [2.45, 2.75) is 4.90 Å². The lowest BCUT2D eigenvalue weighted by Crippen LogP contribution is -2.47. The third kappa shape index (κ3) is 2.59. The van der Waals surface area contributed by atoms with Gasteiger partial charge in [0.05, 0.1) is 5.02 Å². The molecule has 1 aliphatic rings. The molecular formula is C10H15ClN4O2S. The number of hydrogen-bond acceptors (Lipinski definition) is 5. The maximum atomic E-state index is 12.3. The van der Waals surface area contributed by atoms with Crippen molar-refractivity contribution in [1.29, 1.82) is 0 Å². The summed E-state index contributed by atoms with van der Waals surface area (Å²) in [5, 5.41) is 0.158. The average molecular weight is 291 g/mol. The Morgan fingerprint density at radius 1 is 1.33 bits per heavy atom. The van der Waals surface area contributed by atoms with Gasteiger partial charge in [-0.1, -0.05) is 11.6 Å². The van der Waals surface area contributed by atoms with E-state index in [4.69, 9.17) is 17.3 Å². The molecular weight excluding hydrogens is 276 g/mol. The molecule has 18 heavy (non-hydrogen) atoms. The molecule has 6 nitrogen and oxygen atoms in total. The maximum Gasteiger partial charge on any atom is 0.244 e. The summed E-state index contributed by atoms with van der Waals surface area (Å²) in [6, 6.07) is 1.34. The van der Waals surface area contributed by atoms with Crippen LogP contribution in [0.2, 0.25) is 5.02 Å². The van der Waals surface area contributed by atoms with Gasteiger partial charge in [-0.05, 0) is 13.1 Å². The number of likely N-dealkylation sites (N-methyl/N-ethyl adjacent to an activating group) is 1. The number of halogens is 1. The molecule has 0 atom stereocenters. The lowest BCUT2D eigenvalue weighted by Gasteiger charge is -2.31. The van der Waals surface area contributed by atoms with Gasteiger partial charge in [0.15, 0.2) is 0 Å². The van der Waals surface area contributed by atoms with E-state index < -0.39 is 10.0 Å². The Labute approximate surface area is 111 Å². The first-order valence-corrected chi connectivity index (χ1v) is 7.33. The molecule has 1 fully saturated rings. The van der Waals surface area contributed by atoms with Crippen LogP contribution in [0.15, 0.2) is 17.2 Å². The molecule has 8 heteroatoms. The second-order valence-corrected chi connectivity index (χ2v) is 6.59. The fourth-order valence-corrected chi connectivity index (χ4v) is 3.38. The van der Waals surface area contributed by atoms with Crippen molar-refractivity contribution in [1.82, 2.24) is 14.2 Å².